The Kier molecular flexibility index (Phi) is 5.20. The fourth-order valence-electron chi connectivity index (χ4n) is 4.67. The Morgan fingerprint density at radius 2 is 1.37 bits per heavy atom. The molecule has 3 heterocycles. The van der Waals surface area contributed by atoms with Crippen LogP contribution in [-0.4, -0.2) is 19.9 Å². The average molecular weight is 509 g/mol. The summed E-state index contributed by atoms with van der Waals surface area (Å²) in [6, 6.07) is 30.1. The van der Waals surface area contributed by atoms with Gasteiger partial charge in [-0.25, -0.2) is 19.9 Å². The van der Waals surface area contributed by atoms with E-state index in [0.29, 0.717) is 23.0 Å². The predicted octanol–water partition coefficient (Wildman–Crippen LogP) is 8.58. The molecule has 0 aliphatic heterocycles. The minimum atomic E-state index is 0.486. The van der Waals surface area contributed by atoms with E-state index in [0.717, 1.165) is 53.9 Å². The first-order chi connectivity index (χ1) is 18.7. The highest BCUT2D eigenvalue weighted by Crippen LogP contribution is 2.42. The van der Waals surface area contributed by atoms with E-state index in [1.54, 1.807) is 17.4 Å². The van der Waals surface area contributed by atoms with Crippen LogP contribution in [0.5, 0.6) is 0 Å². The Hall–Kier alpha value is -4.94. The van der Waals surface area contributed by atoms with Gasteiger partial charge in [0.2, 0.25) is 0 Å². The number of benzene rings is 4. The molecule has 7 rings (SSSR count). The summed E-state index contributed by atoms with van der Waals surface area (Å²) in [6.07, 6.45) is 1.66. The molecule has 6 heteroatoms. The molecule has 0 aliphatic carbocycles. The van der Waals surface area contributed by atoms with Crippen LogP contribution >= 0.6 is 11.3 Å². The normalized spacial score (nSPS) is 11.4. The van der Waals surface area contributed by atoms with E-state index >= 15 is 0 Å². The fraction of sp³-hybridized carbons (Fsp3) is 0. The van der Waals surface area contributed by atoms with Crippen LogP contribution in [0.1, 0.15) is 5.82 Å². The van der Waals surface area contributed by atoms with E-state index < -0.39 is 0 Å². The molecule has 0 fully saturated rings. The fourth-order valence-corrected chi connectivity index (χ4v) is 5.66. The van der Waals surface area contributed by atoms with Crippen molar-refractivity contribution in [3.05, 3.63) is 116 Å². The van der Waals surface area contributed by atoms with E-state index in [1.165, 1.54) is 0 Å². The van der Waals surface area contributed by atoms with Crippen molar-refractivity contribution in [1.29, 1.82) is 0 Å². The number of rotatable bonds is 5. The highest BCUT2D eigenvalue weighted by molar-refractivity contribution is 7.21. The zero-order valence-electron chi connectivity index (χ0n) is 20.3. The van der Waals surface area contributed by atoms with Crippen LogP contribution in [0.15, 0.2) is 115 Å². The second-order valence-electron chi connectivity index (χ2n) is 8.85. The first-order valence-corrected chi connectivity index (χ1v) is 12.9. The highest BCUT2D eigenvalue weighted by Gasteiger charge is 2.21. The summed E-state index contributed by atoms with van der Waals surface area (Å²) in [6.45, 7) is 7.96. The maximum absolute atomic E-state index is 6.34. The minimum absolute atomic E-state index is 0.486. The van der Waals surface area contributed by atoms with Crippen LogP contribution in [0, 0.1) is 0 Å². The second kappa shape index (κ2) is 8.87. The van der Waals surface area contributed by atoms with Crippen LogP contribution in [0.25, 0.3) is 71.1 Å². The lowest BCUT2D eigenvalue weighted by atomic mass is 10.0. The van der Waals surface area contributed by atoms with Gasteiger partial charge < -0.3 is 4.42 Å². The molecule has 0 saturated carbocycles. The quantitative estimate of drug-likeness (QED) is 0.218. The smallest absolute Gasteiger partial charge is 0.164 e. The van der Waals surface area contributed by atoms with Crippen molar-refractivity contribution in [2.24, 2.45) is 0 Å². The number of thiazole rings is 1. The Bertz CT molecular complexity index is 1990. The van der Waals surface area contributed by atoms with Crippen molar-refractivity contribution in [1.82, 2.24) is 19.9 Å². The van der Waals surface area contributed by atoms with Gasteiger partial charge >= 0.3 is 0 Å². The third kappa shape index (κ3) is 3.62. The van der Waals surface area contributed by atoms with Gasteiger partial charge in [0, 0.05) is 33.0 Å². The van der Waals surface area contributed by atoms with Gasteiger partial charge in [0.1, 0.15) is 16.2 Å². The number of allylic oxidation sites excluding steroid dienone is 2. The van der Waals surface area contributed by atoms with E-state index in [4.69, 9.17) is 24.4 Å². The number of nitrogens with zero attached hydrogens (tertiary/aromatic N) is 4. The van der Waals surface area contributed by atoms with E-state index in [1.807, 2.05) is 78.9 Å². The summed E-state index contributed by atoms with van der Waals surface area (Å²) >= 11 is 1.67. The number of hydrogen-bond acceptors (Lipinski definition) is 6. The highest BCUT2D eigenvalue weighted by atomic mass is 32.1. The summed E-state index contributed by atoms with van der Waals surface area (Å²) in [5.74, 6) is 1.61. The molecular weight excluding hydrogens is 488 g/mol. The standard InChI is InChI=1S/C32H20N4OS/c1-3-19(2)29-34-30(20-11-5-4-6-12-20)36-31(35-29)21-13-9-16-24-27(21)28-22(14-10-17-25(28)37-24)32-33-23-15-7-8-18-26(23)38-32/h3-18H,1-2H2. The zero-order valence-corrected chi connectivity index (χ0v) is 21.1. The third-order valence-electron chi connectivity index (χ3n) is 6.49. The lowest BCUT2D eigenvalue weighted by Crippen LogP contribution is -2.02. The van der Waals surface area contributed by atoms with Crippen LogP contribution in [0.3, 0.4) is 0 Å². The van der Waals surface area contributed by atoms with Gasteiger partial charge in [-0.2, -0.15) is 0 Å². The van der Waals surface area contributed by atoms with Crippen molar-refractivity contribution < 1.29 is 4.42 Å². The van der Waals surface area contributed by atoms with Crippen LogP contribution in [0.4, 0.5) is 0 Å². The van der Waals surface area contributed by atoms with Gasteiger partial charge in [0.05, 0.1) is 10.2 Å². The van der Waals surface area contributed by atoms with Gasteiger partial charge in [0.25, 0.3) is 0 Å². The molecule has 3 aromatic heterocycles. The van der Waals surface area contributed by atoms with Crippen LogP contribution in [-0.2, 0) is 0 Å². The zero-order chi connectivity index (χ0) is 25.6. The largest absolute Gasteiger partial charge is 0.456 e. The topological polar surface area (TPSA) is 64.7 Å². The first kappa shape index (κ1) is 22.3. The second-order valence-corrected chi connectivity index (χ2v) is 9.88. The number of aromatic nitrogens is 4. The molecule has 7 aromatic rings. The van der Waals surface area contributed by atoms with Crippen LogP contribution in [0.2, 0.25) is 0 Å². The molecule has 0 atom stereocenters. The molecule has 5 nitrogen and oxygen atoms in total. The molecule has 0 unspecified atom stereocenters. The molecule has 0 saturated heterocycles. The Balaban J connectivity index is 1.53. The van der Waals surface area contributed by atoms with Crippen molar-refractivity contribution in [3.8, 4) is 33.3 Å². The van der Waals surface area contributed by atoms with Gasteiger partial charge in [-0.1, -0.05) is 86.0 Å². The maximum Gasteiger partial charge on any atom is 0.164 e. The summed E-state index contributed by atoms with van der Waals surface area (Å²) in [5.41, 5.74) is 5.93. The van der Waals surface area contributed by atoms with Crippen molar-refractivity contribution in [2.45, 2.75) is 0 Å². The van der Waals surface area contributed by atoms with Crippen molar-refractivity contribution in [3.63, 3.8) is 0 Å². The molecule has 0 amide bonds. The lowest BCUT2D eigenvalue weighted by Gasteiger charge is -2.09. The number of fused-ring (bicyclic) bond motifs is 4. The minimum Gasteiger partial charge on any atom is -0.456 e. The third-order valence-corrected chi connectivity index (χ3v) is 7.56. The summed E-state index contributed by atoms with van der Waals surface area (Å²) in [4.78, 5) is 19.4. The summed E-state index contributed by atoms with van der Waals surface area (Å²) in [7, 11) is 0. The molecular formula is C32H20N4OS. The Morgan fingerprint density at radius 1 is 0.684 bits per heavy atom. The van der Waals surface area contributed by atoms with Gasteiger partial charge in [0.15, 0.2) is 17.5 Å². The number of para-hydroxylation sites is 1. The summed E-state index contributed by atoms with van der Waals surface area (Å²) < 4.78 is 7.48. The molecule has 0 radical (unpaired) electrons. The first-order valence-electron chi connectivity index (χ1n) is 12.1. The molecule has 180 valence electrons. The average Bonchev–Trinajstić information content (AvgIpc) is 3.58. The number of furan rings is 1. The lowest BCUT2D eigenvalue weighted by molar-refractivity contribution is 0.669. The molecule has 0 N–H and O–H groups in total. The van der Waals surface area contributed by atoms with E-state index in [2.05, 4.69) is 25.3 Å². The molecule has 38 heavy (non-hydrogen) atoms. The molecule has 0 aliphatic rings. The van der Waals surface area contributed by atoms with E-state index in [9.17, 15) is 0 Å². The number of hydrogen-bond donors (Lipinski definition) is 0. The molecule has 0 bridgehead atoms. The van der Waals surface area contributed by atoms with Crippen LogP contribution < -0.4 is 0 Å². The Morgan fingerprint density at radius 3 is 2.13 bits per heavy atom. The van der Waals surface area contributed by atoms with Crippen molar-refractivity contribution >= 4 is 49.1 Å². The SMILES string of the molecule is C=CC(=C)c1nc(-c2ccccc2)nc(-c2cccc3oc4cccc(-c5nc6ccccc6s5)c4c23)n1. The maximum atomic E-state index is 6.34. The van der Waals surface area contributed by atoms with Gasteiger partial charge in [-0.05, 0) is 24.3 Å². The predicted molar refractivity (Wildman–Crippen MR) is 156 cm³/mol. The van der Waals surface area contributed by atoms with E-state index in [-0.39, 0.29) is 0 Å². The molecule has 0 spiro atoms. The van der Waals surface area contributed by atoms with Crippen molar-refractivity contribution in [2.75, 3.05) is 0 Å². The molecule has 4 aromatic carbocycles. The Labute approximate surface area is 222 Å². The van der Waals surface area contributed by atoms with Gasteiger partial charge in [-0.3, -0.25) is 0 Å². The van der Waals surface area contributed by atoms with Gasteiger partial charge in [-0.15, -0.1) is 11.3 Å². The monoisotopic (exact) mass is 508 g/mol. The summed E-state index contributed by atoms with van der Waals surface area (Å²) in [5, 5.41) is 2.87.